The number of carbonyl (C=O) groups is 1. The zero-order chi connectivity index (χ0) is 13.0. The van der Waals surface area contributed by atoms with Crippen molar-refractivity contribution in [2.45, 2.75) is 31.7 Å². The van der Waals surface area contributed by atoms with Crippen LogP contribution in [0, 0.1) is 12.3 Å². The first kappa shape index (κ1) is 12.5. The van der Waals surface area contributed by atoms with Gasteiger partial charge in [0.1, 0.15) is 0 Å². The highest BCUT2D eigenvalue weighted by Gasteiger charge is 2.28. The summed E-state index contributed by atoms with van der Waals surface area (Å²) < 4.78 is 0. The molecule has 1 aliphatic rings. The molecule has 1 aromatic rings. The molecule has 3 heteroatoms. The van der Waals surface area contributed by atoms with Crippen LogP contribution in [0.3, 0.4) is 0 Å². The Kier molecular flexibility index (Phi) is 3.88. The minimum atomic E-state index is -0.157. The third kappa shape index (κ3) is 2.48. The van der Waals surface area contributed by atoms with E-state index in [4.69, 9.17) is 6.42 Å². The predicted molar refractivity (Wildman–Crippen MR) is 73.3 cm³/mol. The van der Waals surface area contributed by atoms with E-state index in [2.05, 4.69) is 23.5 Å². The molecule has 0 saturated heterocycles. The molecule has 2 atom stereocenters. The SMILES string of the molecule is C#CC(CCC)NC(=O)C1CNc2ccccc21. The molecule has 0 spiro atoms. The van der Waals surface area contributed by atoms with Gasteiger partial charge in [-0.05, 0) is 18.1 Å². The predicted octanol–water partition coefficient (Wildman–Crippen LogP) is 2.11. The molecule has 0 fully saturated rings. The number of anilines is 1. The molecule has 3 nitrogen and oxygen atoms in total. The first-order valence-corrected chi connectivity index (χ1v) is 6.35. The Morgan fingerprint density at radius 2 is 2.39 bits per heavy atom. The van der Waals surface area contributed by atoms with Gasteiger partial charge >= 0.3 is 0 Å². The second-order valence-corrected chi connectivity index (χ2v) is 4.54. The minimum Gasteiger partial charge on any atom is -0.384 e. The molecular weight excluding hydrogens is 224 g/mol. The third-order valence-corrected chi connectivity index (χ3v) is 3.24. The molecule has 94 valence electrons. The first-order chi connectivity index (χ1) is 8.76. The van der Waals surface area contributed by atoms with E-state index >= 15 is 0 Å². The Hall–Kier alpha value is -1.95. The van der Waals surface area contributed by atoms with Gasteiger partial charge in [-0.1, -0.05) is 37.5 Å². The Bertz CT molecular complexity index is 476. The van der Waals surface area contributed by atoms with Crippen molar-refractivity contribution in [3.63, 3.8) is 0 Å². The van der Waals surface area contributed by atoms with E-state index in [1.54, 1.807) is 0 Å². The van der Waals surface area contributed by atoms with Crippen LogP contribution in [-0.4, -0.2) is 18.5 Å². The lowest BCUT2D eigenvalue weighted by molar-refractivity contribution is -0.122. The van der Waals surface area contributed by atoms with E-state index in [1.165, 1.54) is 0 Å². The monoisotopic (exact) mass is 242 g/mol. The number of terminal acetylenes is 1. The maximum absolute atomic E-state index is 12.2. The van der Waals surface area contributed by atoms with Gasteiger partial charge in [0.15, 0.2) is 0 Å². The van der Waals surface area contributed by atoms with E-state index < -0.39 is 0 Å². The molecule has 0 radical (unpaired) electrons. The number of para-hydroxylation sites is 1. The van der Waals surface area contributed by atoms with Gasteiger partial charge in [0, 0.05) is 12.2 Å². The molecule has 1 aromatic carbocycles. The normalized spacial score (nSPS) is 18.3. The summed E-state index contributed by atoms with van der Waals surface area (Å²) in [5.74, 6) is 2.52. The topological polar surface area (TPSA) is 41.1 Å². The lowest BCUT2D eigenvalue weighted by Gasteiger charge is -2.15. The van der Waals surface area contributed by atoms with Crippen LogP contribution < -0.4 is 10.6 Å². The zero-order valence-corrected chi connectivity index (χ0v) is 10.6. The fourth-order valence-electron chi connectivity index (χ4n) is 2.28. The van der Waals surface area contributed by atoms with Crippen LogP contribution in [-0.2, 0) is 4.79 Å². The van der Waals surface area contributed by atoms with Crippen molar-refractivity contribution in [2.75, 3.05) is 11.9 Å². The van der Waals surface area contributed by atoms with Crippen LogP contribution in [0.2, 0.25) is 0 Å². The minimum absolute atomic E-state index is 0.0175. The first-order valence-electron chi connectivity index (χ1n) is 6.35. The summed E-state index contributed by atoms with van der Waals surface area (Å²) in [6.07, 6.45) is 7.21. The van der Waals surface area contributed by atoms with E-state index in [-0.39, 0.29) is 17.9 Å². The van der Waals surface area contributed by atoms with Crippen molar-refractivity contribution in [3.05, 3.63) is 29.8 Å². The average molecular weight is 242 g/mol. The number of amides is 1. The van der Waals surface area contributed by atoms with E-state index in [9.17, 15) is 4.79 Å². The van der Waals surface area contributed by atoms with Gasteiger partial charge in [0.05, 0.1) is 12.0 Å². The molecule has 2 unspecified atom stereocenters. The molecule has 0 bridgehead atoms. The number of hydrogen-bond donors (Lipinski definition) is 2. The maximum atomic E-state index is 12.2. The highest BCUT2D eigenvalue weighted by molar-refractivity contribution is 5.88. The zero-order valence-electron chi connectivity index (χ0n) is 10.6. The number of fused-ring (bicyclic) bond motifs is 1. The van der Waals surface area contributed by atoms with Crippen LogP contribution in [0.1, 0.15) is 31.2 Å². The van der Waals surface area contributed by atoms with E-state index in [1.807, 2.05) is 24.3 Å². The fourth-order valence-corrected chi connectivity index (χ4v) is 2.28. The fraction of sp³-hybridized carbons (Fsp3) is 0.400. The van der Waals surface area contributed by atoms with E-state index in [0.717, 1.165) is 24.1 Å². The van der Waals surface area contributed by atoms with Crippen molar-refractivity contribution in [3.8, 4) is 12.3 Å². The van der Waals surface area contributed by atoms with Crippen molar-refractivity contribution in [2.24, 2.45) is 0 Å². The van der Waals surface area contributed by atoms with E-state index in [0.29, 0.717) is 6.54 Å². The van der Waals surface area contributed by atoms with Crippen molar-refractivity contribution >= 4 is 11.6 Å². The van der Waals surface area contributed by atoms with Gasteiger partial charge in [0.25, 0.3) is 0 Å². The Morgan fingerprint density at radius 1 is 1.61 bits per heavy atom. The number of nitrogens with one attached hydrogen (secondary N) is 2. The molecule has 2 rings (SSSR count). The molecule has 0 saturated carbocycles. The van der Waals surface area contributed by atoms with Gasteiger partial charge in [-0.15, -0.1) is 6.42 Å². The summed E-state index contributed by atoms with van der Waals surface area (Å²) in [4.78, 5) is 12.2. The number of carbonyl (C=O) groups excluding carboxylic acids is 1. The Morgan fingerprint density at radius 3 is 3.11 bits per heavy atom. The molecule has 1 amide bonds. The lowest BCUT2D eigenvalue weighted by atomic mass is 10.00. The van der Waals surface area contributed by atoms with Gasteiger partial charge in [-0.25, -0.2) is 0 Å². The van der Waals surface area contributed by atoms with Gasteiger partial charge in [-0.2, -0.15) is 0 Å². The van der Waals surface area contributed by atoms with Crippen LogP contribution in [0.4, 0.5) is 5.69 Å². The van der Waals surface area contributed by atoms with Gasteiger partial charge in [0.2, 0.25) is 5.91 Å². The smallest absolute Gasteiger partial charge is 0.230 e. The summed E-state index contributed by atoms with van der Waals surface area (Å²) in [5.41, 5.74) is 2.10. The quantitative estimate of drug-likeness (QED) is 0.794. The van der Waals surface area contributed by atoms with Crippen LogP contribution in [0.5, 0.6) is 0 Å². The summed E-state index contributed by atoms with van der Waals surface area (Å²) in [7, 11) is 0. The lowest BCUT2D eigenvalue weighted by Crippen LogP contribution is -2.37. The molecular formula is C15H18N2O. The largest absolute Gasteiger partial charge is 0.384 e. The summed E-state index contributed by atoms with van der Waals surface area (Å²) in [6, 6.07) is 7.75. The van der Waals surface area contributed by atoms with Crippen molar-refractivity contribution < 1.29 is 4.79 Å². The molecule has 0 aromatic heterocycles. The van der Waals surface area contributed by atoms with Crippen LogP contribution >= 0.6 is 0 Å². The third-order valence-electron chi connectivity index (χ3n) is 3.24. The molecule has 1 aliphatic heterocycles. The molecule has 0 aliphatic carbocycles. The summed E-state index contributed by atoms with van der Waals surface area (Å²) in [5, 5.41) is 6.18. The number of benzene rings is 1. The average Bonchev–Trinajstić information content (AvgIpc) is 2.82. The van der Waals surface area contributed by atoms with Crippen LogP contribution in [0.15, 0.2) is 24.3 Å². The van der Waals surface area contributed by atoms with Gasteiger partial charge < -0.3 is 10.6 Å². The Labute approximate surface area is 108 Å². The molecule has 1 heterocycles. The second kappa shape index (κ2) is 5.59. The molecule has 2 N–H and O–H groups in total. The van der Waals surface area contributed by atoms with Gasteiger partial charge in [-0.3, -0.25) is 4.79 Å². The second-order valence-electron chi connectivity index (χ2n) is 4.54. The maximum Gasteiger partial charge on any atom is 0.230 e. The summed E-state index contributed by atoms with van der Waals surface area (Å²) >= 11 is 0. The standard InChI is InChI=1S/C15H18N2O/c1-3-7-11(4-2)17-15(18)13-10-16-14-9-6-5-8-12(13)14/h2,5-6,8-9,11,13,16H,3,7,10H2,1H3,(H,17,18). The number of hydrogen-bond acceptors (Lipinski definition) is 2. The molecule has 18 heavy (non-hydrogen) atoms. The highest BCUT2D eigenvalue weighted by Crippen LogP contribution is 2.31. The number of rotatable bonds is 4. The summed E-state index contributed by atoms with van der Waals surface area (Å²) in [6.45, 7) is 2.71. The van der Waals surface area contributed by atoms with Crippen molar-refractivity contribution in [1.82, 2.24) is 5.32 Å². The Balaban J connectivity index is 2.06. The highest BCUT2D eigenvalue weighted by atomic mass is 16.2. The van der Waals surface area contributed by atoms with Crippen LogP contribution in [0.25, 0.3) is 0 Å². The van der Waals surface area contributed by atoms with Crippen molar-refractivity contribution in [1.29, 1.82) is 0 Å².